The molecule has 0 aliphatic carbocycles. The Morgan fingerprint density at radius 1 is 1.50 bits per heavy atom. The first-order valence-corrected chi connectivity index (χ1v) is 4.81. The Morgan fingerprint density at radius 2 is 2.21 bits per heavy atom. The zero-order chi connectivity index (χ0) is 10.6. The van der Waals surface area contributed by atoms with Gasteiger partial charge in [-0.1, -0.05) is 23.7 Å². The third kappa shape index (κ3) is 2.82. The quantitative estimate of drug-likeness (QED) is 0.718. The van der Waals surface area contributed by atoms with Crippen molar-refractivity contribution in [2.45, 2.75) is 13.3 Å². The average molecular weight is 213 g/mol. The summed E-state index contributed by atoms with van der Waals surface area (Å²) in [5, 5.41) is 0.633. The zero-order valence-corrected chi connectivity index (χ0v) is 9.10. The standard InChI is InChI=1S/C11H13ClO2/c1-8-3-4-9(7-10(8)12)11(13)5-6-14-2/h3-4,7H,5-6H2,1-2H3. The first-order chi connectivity index (χ1) is 6.65. The van der Waals surface area contributed by atoms with Crippen molar-refractivity contribution in [2.75, 3.05) is 13.7 Å². The molecular weight excluding hydrogens is 200 g/mol. The van der Waals surface area contributed by atoms with E-state index >= 15 is 0 Å². The van der Waals surface area contributed by atoms with Gasteiger partial charge < -0.3 is 4.74 Å². The number of carbonyl (C=O) groups is 1. The van der Waals surface area contributed by atoms with E-state index in [1.54, 1.807) is 19.2 Å². The molecule has 0 saturated carbocycles. The second-order valence-corrected chi connectivity index (χ2v) is 3.54. The molecule has 0 saturated heterocycles. The van der Waals surface area contributed by atoms with Crippen LogP contribution in [0.25, 0.3) is 0 Å². The zero-order valence-electron chi connectivity index (χ0n) is 8.34. The first-order valence-electron chi connectivity index (χ1n) is 4.43. The molecule has 0 fully saturated rings. The van der Waals surface area contributed by atoms with Gasteiger partial charge in [-0.25, -0.2) is 0 Å². The largest absolute Gasteiger partial charge is 0.384 e. The molecular formula is C11H13ClO2. The van der Waals surface area contributed by atoms with Gasteiger partial charge in [0, 0.05) is 24.1 Å². The van der Waals surface area contributed by atoms with Gasteiger partial charge in [-0.3, -0.25) is 4.79 Å². The molecule has 0 aliphatic heterocycles. The van der Waals surface area contributed by atoms with Crippen molar-refractivity contribution >= 4 is 17.4 Å². The summed E-state index contributed by atoms with van der Waals surface area (Å²) in [5.74, 6) is 0.0637. The highest BCUT2D eigenvalue weighted by atomic mass is 35.5. The van der Waals surface area contributed by atoms with Gasteiger partial charge in [-0.15, -0.1) is 0 Å². The summed E-state index contributed by atoms with van der Waals surface area (Å²) in [5.41, 5.74) is 1.63. The molecule has 1 aromatic rings. The van der Waals surface area contributed by atoms with Crippen LogP contribution in [-0.2, 0) is 4.74 Å². The number of hydrogen-bond acceptors (Lipinski definition) is 2. The van der Waals surface area contributed by atoms with E-state index in [4.69, 9.17) is 16.3 Å². The molecule has 0 spiro atoms. The molecule has 0 unspecified atom stereocenters. The smallest absolute Gasteiger partial charge is 0.165 e. The maximum absolute atomic E-state index is 11.5. The second-order valence-electron chi connectivity index (χ2n) is 3.13. The maximum atomic E-state index is 11.5. The van der Waals surface area contributed by atoms with Crippen LogP contribution >= 0.6 is 11.6 Å². The molecule has 0 atom stereocenters. The number of ketones is 1. The third-order valence-corrected chi connectivity index (χ3v) is 2.43. The summed E-state index contributed by atoms with van der Waals surface area (Å²) in [6, 6.07) is 5.34. The molecule has 2 nitrogen and oxygen atoms in total. The number of hydrogen-bond donors (Lipinski definition) is 0. The molecule has 1 rings (SSSR count). The average Bonchev–Trinajstić information content (AvgIpc) is 2.18. The highest BCUT2D eigenvalue weighted by Gasteiger charge is 2.06. The molecule has 0 N–H and O–H groups in total. The van der Waals surface area contributed by atoms with Crippen molar-refractivity contribution in [3.05, 3.63) is 34.3 Å². The van der Waals surface area contributed by atoms with Crippen molar-refractivity contribution in [1.82, 2.24) is 0 Å². The van der Waals surface area contributed by atoms with Crippen molar-refractivity contribution in [1.29, 1.82) is 0 Å². The van der Waals surface area contributed by atoms with E-state index in [1.807, 2.05) is 13.0 Å². The van der Waals surface area contributed by atoms with E-state index in [0.29, 0.717) is 23.6 Å². The third-order valence-electron chi connectivity index (χ3n) is 2.03. The van der Waals surface area contributed by atoms with E-state index in [-0.39, 0.29) is 5.78 Å². The molecule has 3 heteroatoms. The number of rotatable bonds is 4. The Hall–Kier alpha value is -0.860. The van der Waals surface area contributed by atoms with Crippen LogP contribution in [0.3, 0.4) is 0 Å². The normalized spacial score (nSPS) is 10.2. The van der Waals surface area contributed by atoms with Gasteiger partial charge in [0.15, 0.2) is 5.78 Å². The molecule has 0 radical (unpaired) electrons. The van der Waals surface area contributed by atoms with Crippen LogP contribution in [0.4, 0.5) is 0 Å². The van der Waals surface area contributed by atoms with E-state index < -0.39 is 0 Å². The molecule has 0 aliphatic rings. The molecule has 0 aromatic heterocycles. The molecule has 0 heterocycles. The predicted molar refractivity (Wildman–Crippen MR) is 57.0 cm³/mol. The minimum Gasteiger partial charge on any atom is -0.384 e. The van der Waals surface area contributed by atoms with Crippen LogP contribution in [-0.4, -0.2) is 19.5 Å². The highest BCUT2D eigenvalue weighted by Crippen LogP contribution is 2.17. The number of halogens is 1. The Bertz CT molecular complexity index is 334. The van der Waals surface area contributed by atoms with E-state index in [1.165, 1.54) is 0 Å². The molecule has 1 aromatic carbocycles. The first kappa shape index (κ1) is 11.2. The van der Waals surface area contributed by atoms with Gasteiger partial charge in [0.05, 0.1) is 6.61 Å². The Labute approximate surface area is 88.8 Å². The number of aryl methyl sites for hydroxylation is 1. The fourth-order valence-corrected chi connectivity index (χ4v) is 1.29. The van der Waals surface area contributed by atoms with E-state index in [0.717, 1.165) is 5.56 Å². The van der Waals surface area contributed by atoms with Crippen LogP contribution in [0.5, 0.6) is 0 Å². The number of ether oxygens (including phenoxy) is 1. The molecule has 0 amide bonds. The minimum absolute atomic E-state index is 0.0637. The summed E-state index contributed by atoms with van der Waals surface area (Å²) in [6.07, 6.45) is 0.399. The van der Waals surface area contributed by atoms with Crippen LogP contribution in [0.2, 0.25) is 5.02 Å². The number of methoxy groups -OCH3 is 1. The number of carbonyl (C=O) groups excluding carboxylic acids is 1. The fourth-order valence-electron chi connectivity index (χ4n) is 1.11. The molecule has 0 bridgehead atoms. The van der Waals surface area contributed by atoms with E-state index in [9.17, 15) is 4.79 Å². The van der Waals surface area contributed by atoms with Gasteiger partial charge >= 0.3 is 0 Å². The number of benzene rings is 1. The lowest BCUT2D eigenvalue weighted by Crippen LogP contribution is -2.03. The van der Waals surface area contributed by atoms with Gasteiger partial charge in [-0.2, -0.15) is 0 Å². The maximum Gasteiger partial charge on any atom is 0.165 e. The lowest BCUT2D eigenvalue weighted by Gasteiger charge is -2.02. The van der Waals surface area contributed by atoms with Gasteiger partial charge in [0.25, 0.3) is 0 Å². The molecule has 76 valence electrons. The van der Waals surface area contributed by atoms with Gasteiger partial charge in [-0.05, 0) is 18.6 Å². The summed E-state index contributed by atoms with van der Waals surface area (Å²) in [4.78, 5) is 11.5. The van der Waals surface area contributed by atoms with Crippen molar-refractivity contribution in [3.8, 4) is 0 Å². The predicted octanol–water partition coefficient (Wildman–Crippen LogP) is 2.87. The summed E-state index contributed by atoms with van der Waals surface area (Å²) < 4.78 is 4.83. The summed E-state index contributed by atoms with van der Waals surface area (Å²) >= 11 is 5.91. The van der Waals surface area contributed by atoms with Crippen LogP contribution < -0.4 is 0 Å². The van der Waals surface area contributed by atoms with Gasteiger partial charge in [0.2, 0.25) is 0 Å². The van der Waals surface area contributed by atoms with Crippen molar-refractivity contribution < 1.29 is 9.53 Å². The minimum atomic E-state index is 0.0637. The van der Waals surface area contributed by atoms with Crippen LogP contribution in [0.15, 0.2) is 18.2 Å². The monoisotopic (exact) mass is 212 g/mol. The summed E-state index contributed by atoms with van der Waals surface area (Å²) in [6.45, 7) is 2.36. The Morgan fingerprint density at radius 3 is 2.79 bits per heavy atom. The Kier molecular flexibility index (Phi) is 4.11. The van der Waals surface area contributed by atoms with Crippen LogP contribution in [0.1, 0.15) is 22.3 Å². The molecule has 14 heavy (non-hydrogen) atoms. The highest BCUT2D eigenvalue weighted by molar-refractivity contribution is 6.31. The second kappa shape index (κ2) is 5.13. The fraction of sp³-hybridized carbons (Fsp3) is 0.364. The van der Waals surface area contributed by atoms with Crippen LogP contribution in [0, 0.1) is 6.92 Å². The van der Waals surface area contributed by atoms with Gasteiger partial charge in [0.1, 0.15) is 0 Å². The lowest BCUT2D eigenvalue weighted by molar-refractivity contribution is 0.0932. The number of Topliss-reactive ketones (excluding diaryl/α,β-unsaturated/α-hetero) is 1. The Balaban J connectivity index is 2.76. The SMILES string of the molecule is COCCC(=O)c1ccc(C)c(Cl)c1. The van der Waals surface area contributed by atoms with Crippen molar-refractivity contribution in [2.24, 2.45) is 0 Å². The summed E-state index contributed by atoms with van der Waals surface area (Å²) in [7, 11) is 1.58. The van der Waals surface area contributed by atoms with E-state index in [2.05, 4.69) is 0 Å². The van der Waals surface area contributed by atoms with Crippen molar-refractivity contribution in [3.63, 3.8) is 0 Å². The lowest BCUT2D eigenvalue weighted by atomic mass is 10.1. The topological polar surface area (TPSA) is 26.3 Å².